The topological polar surface area (TPSA) is 75.6 Å². The molecule has 8 heteroatoms. The Balaban J connectivity index is 1.73. The third-order valence-electron chi connectivity index (χ3n) is 4.42. The van der Waals surface area contributed by atoms with Crippen LogP contribution in [0.3, 0.4) is 0 Å². The van der Waals surface area contributed by atoms with E-state index in [-0.39, 0.29) is 5.92 Å². The smallest absolute Gasteiger partial charge is 0.281 e. The summed E-state index contributed by atoms with van der Waals surface area (Å²) in [6.07, 6.45) is 1.39. The average molecular weight is 376 g/mol. The van der Waals surface area contributed by atoms with Gasteiger partial charge in [-0.15, -0.1) is 0 Å². The molecule has 1 aliphatic rings. The number of hydrogen-bond donors (Lipinski definition) is 0. The number of piperidine rings is 1. The van der Waals surface area contributed by atoms with Crippen LogP contribution < -0.4 is 4.74 Å². The molecule has 0 saturated carbocycles. The normalized spacial score (nSPS) is 16.8. The van der Waals surface area contributed by atoms with E-state index in [0.717, 1.165) is 17.3 Å². The summed E-state index contributed by atoms with van der Waals surface area (Å²) in [5.41, 5.74) is 0.837. The van der Waals surface area contributed by atoms with E-state index in [0.29, 0.717) is 31.8 Å². The molecule has 3 rings (SSSR count). The fourth-order valence-corrected chi connectivity index (χ4v) is 4.12. The van der Waals surface area contributed by atoms with Gasteiger partial charge in [0, 0.05) is 44.9 Å². The zero-order chi connectivity index (χ0) is 18.7. The fraction of sp³-hybridized carbons (Fsp3) is 0.444. The summed E-state index contributed by atoms with van der Waals surface area (Å²) in [5.74, 6) is 2.09. The largest absolute Gasteiger partial charge is 0.439 e. The second-order valence-electron chi connectivity index (χ2n) is 6.58. The number of aryl methyl sites for hydroxylation is 1. The molecule has 1 aromatic heterocycles. The molecular formula is C18H24N4O3S. The van der Waals surface area contributed by atoms with Crippen molar-refractivity contribution in [3.63, 3.8) is 0 Å². The van der Waals surface area contributed by atoms with Crippen LogP contribution in [-0.4, -0.2) is 54.2 Å². The van der Waals surface area contributed by atoms with Gasteiger partial charge in [-0.1, -0.05) is 18.2 Å². The first-order valence-corrected chi connectivity index (χ1v) is 10.0. The average Bonchev–Trinajstić information content (AvgIpc) is 2.62. The number of para-hydroxylation sites is 1. The van der Waals surface area contributed by atoms with Gasteiger partial charge in [-0.05, 0) is 31.9 Å². The Morgan fingerprint density at radius 2 is 1.77 bits per heavy atom. The number of aromatic nitrogens is 2. The van der Waals surface area contributed by atoms with Gasteiger partial charge in [0.1, 0.15) is 11.6 Å². The molecule has 1 aliphatic heterocycles. The molecule has 0 spiro atoms. The van der Waals surface area contributed by atoms with Gasteiger partial charge in [0.2, 0.25) is 5.88 Å². The molecule has 0 bridgehead atoms. The molecule has 0 aliphatic carbocycles. The van der Waals surface area contributed by atoms with Crippen molar-refractivity contribution in [2.75, 3.05) is 27.2 Å². The Morgan fingerprint density at radius 1 is 1.12 bits per heavy atom. The van der Waals surface area contributed by atoms with Crippen LogP contribution in [0.25, 0.3) is 0 Å². The van der Waals surface area contributed by atoms with E-state index in [1.165, 1.54) is 8.61 Å². The molecule has 0 N–H and O–H groups in total. The van der Waals surface area contributed by atoms with Crippen molar-refractivity contribution in [1.29, 1.82) is 0 Å². The van der Waals surface area contributed by atoms with E-state index in [1.807, 2.05) is 43.3 Å². The van der Waals surface area contributed by atoms with Crippen LogP contribution in [0.2, 0.25) is 0 Å². The standard InChI is InChI=1S/C18H24N4O3S/c1-14-13-17(25-16-7-5-4-6-8-16)20-18(19-14)15-9-11-22(12-10-15)26(23,24)21(2)3/h4-8,13,15H,9-12H2,1-3H3. The summed E-state index contributed by atoms with van der Waals surface area (Å²) in [6, 6.07) is 11.3. The molecule has 0 atom stereocenters. The van der Waals surface area contributed by atoms with E-state index in [9.17, 15) is 8.42 Å². The molecule has 0 unspecified atom stereocenters. The zero-order valence-corrected chi connectivity index (χ0v) is 16.1. The Hall–Kier alpha value is -2.03. The summed E-state index contributed by atoms with van der Waals surface area (Å²) in [7, 11) is -0.254. The zero-order valence-electron chi connectivity index (χ0n) is 15.3. The highest BCUT2D eigenvalue weighted by molar-refractivity contribution is 7.86. The molecule has 140 valence electrons. The highest BCUT2D eigenvalue weighted by Crippen LogP contribution is 2.29. The van der Waals surface area contributed by atoms with Gasteiger partial charge in [0.15, 0.2) is 0 Å². The van der Waals surface area contributed by atoms with E-state index in [1.54, 1.807) is 14.1 Å². The SMILES string of the molecule is Cc1cc(Oc2ccccc2)nc(C2CCN(S(=O)(=O)N(C)C)CC2)n1. The molecule has 2 heterocycles. The van der Waals surface area contributed by atoms with Gasteiger partial charge in [0.05, 0.1) is 0 Å². The molecule has 26 heavy (non-hydrogen) atoms. The molecule has 0 amide bonds. The minimum atomic E-state index is -3.36. The van der Waals surface area contributed by atoms with E-state index in [4.69, 9.17) is 4.74 Å². The van der Waals surface area contributed by atoms with Crippen molar-refractivity contribution in [3.05, 3.63) is 47.9 Å². The molecule has 7 nitrogen and oxygen atoms in total. The molecule has 1 saturated heterocycles. The summed E-state index contributed by atoms with van der Waals surface area (Å²) < 4.78 is 33.1. The van der Waals surface area contributed by atoms with E-state index in [2.05, 4.69) is 9.97 Å². The van der Waals surface area contributed by atoms with Gasteiger partial charge in [-0.2, -0.15) is 22.0 Å². The quantitative estimate of drug-likeness (QED) is 0.802. The first-order chi connectivity index (χ1) is 12.4. The van der Waals surface area contributed by atoms with Crippen LogP contribution in [-0.2, 0) is 10.2 Å². The van der Waals surface area contributed by atoms with Crippen molar-refractivity contribution in [2.45, 2.75) is 25.7 Å². The molecule has 2 aromatic rings. The summed E-state index contributed by atoms with van der Waals surface area (Å²) in [4.78, 5) is 9.12. The number of rotatable bonds is 5. The number of benzene rings is 1. The second-order valence-corrected chi connectivity index (χ2v) is 8.73. The lowest BCUT2D eigenvalue weighted by atomic mass is 9.97. The number of nitrogens with zero attached hydrogens (tertiary/aromatic N) is 4. The highest BCUT2D eigenvalue weighted by atomic mass is 32.2. The third-order valence-corrected chi connectivity index (χ3v) is 6.36. The van der Waals surface area contributed by atoms with E-state index >= 15 is 0 Å². The van der Waals surface area contributed by atoms with Crippen LogP contribution in [0.1, 0.15) is 30.3 Å². The number of ether oxygens (including phenoxy) is 1. The minimum Gasteiger partial charge on any atom is -0.439 e. The van der Waals surface area contributed by atoms with Crippen LogP contribution in [0, 0.1) is 6.92 Å². The van der Waals surface area contributed by atoms with Crippen LogP contribution in [0.15, 0.2) is 36.4 Å². The van der Waals surface area contributed by atoms with Gasteiger partial charge >= 0.3 is 0 Å². The summed E-state index contributed by atoms with van der Waals surface area (Å²) in [5, 5.41) is 0. The van der Waals surface area contributed by atoms with E-state index < -0.39 is 10.2 Å². The van der Waals surface area contributed by atoms with Crippen molar-refractivity contribution in [2.24, 2.45) is 0 Å². The first-order valence-electron chi connectivity index (χ1n) is 8.62. The summed E-state index contributed by atoms with van der Waals surface area (Å²) in [6.45, 7) is 2.85. The Morgan fingerprint density at radius 3 is 2.38 bits per heavy atom. The number of hydrogen-bond acceptors (Lipinski definition) is 5. The Labute approximate surface area is 154 Å². The van der Waals surface area contributed by atoms with Crippen LogP contribution in [0.5, 0.6) is 11.6 Å². The lowest BCUT2D eigenvalue weighted by molar-refractivity contribution is 0.296. The summed E-state index contributed by atoms with van der Waals surface area (Å²) >= 11 is 0. The predicted molar refractivity (Wildman–Crippen MR) is 99.4 cm³/mol. The monoisotopic (exact) mass is 376 g/mol. The minimum absolute atomic E-state index is 0.127. The van der Waals surface area contributed by atoms with Crippen molar-refractivity contribution >= 4 is 10.2 Å². The van der Waals surface area contributed by atoms with Crippen LogP contribution >= 0.6 is 0 Å². The van der Waals surface area contributed by atoms with Crippen molar-refractivity contribution < 1.29 is 13.2 Å². The molecular weight excluding hydrogens is 352 g/mol. The Bertz CT molecular complexity index is 848. The fourth-order valence-electron chi connectivity index (χ4n) is 2.98. The molecule has 0 radical (unpaired) electrons. The maximum atomic E-state index is 12.2. The van der Waals surface area contributed by atoms with Gasteiger partial charge in [0.25, 0.3) is 10.2 Å². The first kappa shape index (κ1) is 18.8. The van der Waals surface area contributed by atoms with Gasteiger partial charge in [-0.25, -0.2) is 4.98 Å². The maximum Gasteiger partial charge on any atom is 0.281 e. The lowest BCUT2D eigenvalue weighted by Crippen LogP contribution is -2.44. The maximum absolute atomic E-state index is 12.2. The van der Waals surface area contributed by atoms with Gasteiger partial charge in [-0.3, -0.25) is 0 Å². The predicted octanol–water partition coefficient (Wildman–Crippen LogP) is 2.56. The van der Waals surface area contributed by atoms with Crippen molar-refractivity contribution in [3.8, 4) is 11.6 Å². The second kappa shape index (κ2) is 7.69. The van der Waals surface area contributed by atoms with Crippen molar-refractivity contribution in [1.82, 2.24) is 18.6 Å². The van der Waals surface area contributed by atoms with Crippen LogP contribution in [0.4, 0.5) is 0 Å². The van der Waals surface area contributed by atoms with Gasteiger partial charge < -0.3 is 4.74 Å². The molecule has 1 aromatic carbocycles. The lowest BCUT2D eigenvalue weighted by Gasteiger charge is -2.32. The highest BCUT2D eigenvalue weighted by Gasteiger charge is 2.31. The third kappa shape index (κ3) is 4.20. The Kier molecular flexibility index (Phi) is 5.55. The molecule has 1 fully saturated rings.